The van der Waals surface area contributed by atoms with Crippen LogP contribution in [0.3, 0.4) is 0 Å². The van der Waals surface area contributed by atoms with E-state index in [1.54, 1.807) is 13.8 Å². The molecule has 0 fully saturated rings. The lowest BCUT2D eigenvalue weighted by atomic mass is 10.0. The lowest BCUT2D eigenvalue weighted by Gasteiger charge is -2.18. The molecule has 0 saturated heterocycles. The number of nitrogens with one attached hydrogen (secondary N) is 3. The molecule has 3 rings (SSSR count). The van der Waals surface area contributed by atoms with Crippen LogP contribution in [0.15, 0.2) is 53.1 Å². The second kappa shape index (κ2) is 11.1. The molecule has 0 spiro atoms. The summed E-state index contributed by atoms with van der Waals surface area (Å²) in [6, 6.07) is 7.34. The fraction of sp³-hybridized carbons (Fsp3) is 0.250. The fourth-order valence-corrected chi connectivity index (χ4v) is 3.22. The zero-order valence-electron chi connectivity index (χ0n) is 19.8. The molecular formula is C24H22F4N4O5. The number of nitrogens with zero attached hydrogens (tertiary/aromatic N) is 1. The van der Waals surface area contributed by atoms with Gasteiger partial charge in [-0.3, -0.25) is 4.79 Å². The first-order chi connectivity index (χ1) is 17.4. The van der Waals surface area contributed by atoms with Crippen molar-refractivity contribution in [2.75, 3.05) is 17.7 Å². The van der Waals surface area contributed by atoms with E-state index >= 15 is 0 Å². The number of methoxy groups -OCH3 is 1. The molecule has 0 radical (unpaired) electrons. The Morgan fingerprint density at radius 2 is 1.68 bits per heavy atom. The zero-order chi connectivity index (χ0) is 27.3. The minimum absolute atomic E-state index is 0.147. The summed E-state index contributed by atoms with van der Waals surface area (Å²) in [4.78, 5) is 36.5. The molecular weight excluding hydrogens is 500 g/mol. The normalized spacial score (nSPS) is 12.1. The van der Waals surface area contributed by atoms with E-state index in [0.717, 1.165) is 12.1 Å². The van der Waals surface area contributed by atoms with Gasteiger partial charge in [-0.05, 0) is 36.2 Å². The zero-order valence-corrected chi connectivity index (χ0v) is 19.8. The quantitative estimate of drug-likeness (QED) is 0.294. The summed E-state index contributed by atoms with van der Waals surface area (Å²) in [5, 5.41) is 10.8. The van der Waals surface area contributed by atoms with Gasteiger partial charge in [0.15, 0.2) is 0 Å². The third-order valence-electron chi connectivity index (χ3n) is 5.12. The van der Waals surface area contributed by atoms with Crippen LogP contribution in [0.2, 0.25) is 0 Å². The molecule has 37 heavy (non-hydrogen) atoms. The Morgan fingerprint density at radius 3 is 2.27 bits per heavy atom. The minimum Gasteiger partial charge on any atom is -0.467 e. The van der Waals surface area contributed by atoms with E-state index in [-0.39, 0.29) is 29.1 Å². The van der Waals surface area contributed by atoms with E-state index in [2.05, 4.69) is 20.5 Å². The van der Waals surface area contributed by atoms with Gasteiger partial charge < -0.3 is 25.2 Å². The molecule has 13 heteroatoms. The third kappa shape index (κ3) is 6.84. The van der Waals surface area contributed by atoms with Gasteiger partial charge in [0.25, 0.3) is 5.91 Å². The SMILES string of the molecule is COC(=O)C(NC(=O)c1cc(-c2ccc(NC(=O)Nc3ccc(F)cc3C(F)(F)F)cc2)no1)C(C)C. The van der Waals surface area contributed by atoms with Crippen LogP contribution >= 0.6 is 0 Å². The highest BCUT2D eigenvalue weighted by Gasteiger charge is 2.34. The van der Waals surface area contributed by atoms with Gasteiger partial charge in [-0.25, -0.2) is 14.0 Å². The second-order valence-corrected chi connectivity index (χ2v) is 8.14. The third-order valence-corrected chi connectivity index (χ3v) is 5.12. The van der Waals surface area contributed by atoms with E-state index in [1.807, 2.05) is 5.32 Å². The number of anilines is 2. The van der Waals surface area contributed by atoms with Crippen LogP contribution in [-0.4, -0.2) is 36.2 Å². The molecule has 2 aromatic carbocycles. The number of urea groups is 1. The molecule has 0 bridgehead atoms. The molecule has 1 unspecified atom stereocenters. The van der Waals surface area contributed by atoms with Gasteiger partial charge in [0, 0.05) is 17.3 Å². The molecule has 0 aliphatic carbocycles. The summed E-state index contributed by atoms with van der Waals surface area (Å²) >= 11 is 0. The highest BCUT2D eigenvalue weighted by atomic mass is 19.4. The van der Waals surface area contributed by atoms with E-state index in [0.29, 0.717) is 5.56 Å². The van der Waals surface area contributed by atoms with Gasteiger partial charge in [0.05, 0.1) is 18.4 Å². The number of benzene rings is 2. The topological polar surface area (TPSA) is 123 Å². The smallest absolute Gasteiger partial charge is 0.418 e. The number of halogens is 4. The van der Waals surface area contributed by atoms with Gasteiger partial charge in [0.2, 0.25) is 5.76 Å². The highest BCUT2D eigenvalue weighted by molar-refractivity contribution is 6.00. The maximum Gasteiger partial charge on any atom is 0.418 e. The first-order valence-electron chi connectivity index (χ1n) is 10.8. The lowest BCUT2D eigenvalue weighted by molar-refractivity contribution is -0.144. The number of esters is 1. The molecule has 0 aliphatic rings. The van der Waals surface area contributed by atoms with Crippen molar-refractivity contribution in [3.63, 3.8) is 0 Å². The number of alkyl halides is 3. The van der Waals surface area contributed by atoms with E-state index in [1.165, 1.54) is 37.4 Å². The maximum atomic E-state index is 13.2. The first-order valence-corrected chi connectivity index (χ1v) is 10.8. The van der Waals surface area contributed by atoms with Gasteiger partial charge in [-0.2, -0.15) is 13.2 Å². The second-order valence-electron chi connectivity index (χ2n) is 8.14. The van der Waals surface area contributed by atoms with Crippen molar-refractivity contribution >= 4 is 29.3 Å². The first kappa shape index (κ1) is 27.2. The molecule has 3 aromatic rings. The van der Waals surface area contributed by atoms with E-state index in [4.69, 9.17) is 4.52 Å². The fourth-order valence-electron chi connectivity index (χ4n) is 3.22. The molecule has 0 aliphatic heterocycles. The average molecular weight is 522 g/mol. The Hall–Kier alpha value is -4.42. The predicted molar refractivity (Wildman–Crippen MR) is 124 cm³/mol. The van der Waals surface area contributed by atoms with E-state index < -0.39 is 47.2 Å². The number of hydrogen-bond acceptors (Lipinski definition) is 6. The highest BCUT2D eigenvalue weighted by Crippen LogP contribution is 2.35. The van der Waals surface area contributed by atoms with Gasteiger partial charge in [-0.1, -0.05) is 31.1 Å². The molecule has 0 saturated carbocycles. The van der Waals surface area contributed by atoms with Crippen LogP contribution in [0, 0.1) is 11.7 Å². The molecule has 3 amide bonds. The number of carbonyl (C=O) groups excluding carboxylic acids is 3. The lowest BCUT2D eigenvalue weighted by Crippen LogP contribution is -2.44. The van der Waals surface area contributed by atoms with E-state index in [9.17, 15) is 31.9 Å². The number of amides is 3. The Labute approximate surface area is 208 Å². The van der Waals surface area contributed by atoms with Gasteiger partial charge in [0.1, 0.15) is 17.6 Å². The monoisotopic (exact) mass is 522 g/mol. The van der Waals surface area contributed by atoms with Crippen molar-refractivity contribution in [1.82, 2.24) is 10.5 Å². The van der Waals surface area contributed by atoms with Crippen molar-refractivity contribution in [2.45, 2.75) is 26.1 Å². The van der Waals surface area contributed by atoms with Gasteiger partial charge >= 0.3 is 18.2 Å². The summed E-state index contributed by atoms with van der Waals surface area (Å²) in [6.07, 6.45) is -4.87. The van der Waals surface area contributed by atoms with Crippen LogP contribution in [-0.2, 0) is 15.7 Å². The van der Waals surface area contributed by atoms with Crippen LogP contribution in [0.5, 0.6) is 0 Å². The number of aromatic nitrogens is 1. The summed E-state index contributed by atoms with van der Waals surface area (Å²) in [7, 11) is 1.21. The largest absolute Gasteiger partial charge is 0.467 e. The summed E-state index contributed by atoms with van der Waals surface area (Å²) in [6.45, 7) is 3.47. The van der Waals surface area contributed by atoms with Gasteiger partial charge in [-0.15, -0.1) is 0 Å². The molecule has 196 valence electrons. The Balaban J connectivity index is 1.66. The average Bonchev–Trinajstić information content (AvgIpc) is 3.33. The van der Waals surface area contributed by atoms with Crippen molar-refractivity contribution < 1.29 is 41.2 Å². The Kier molecular flexibility index (Phi) is 8.15. The Bertz CT molecular complexity index is 1290. The Morgan fingerprint density at radius 1 is 1.00 bits per heavy atom. The van der Waals surface area contributed by atoms with Crippen LogP contribution < -0.4 is 16.0 Å². The summed E-state index contributed by atoms with van der Waals surface area (Å²) in [5.41, 5.74) is -0.920. The van der Waals surface area contributed by atoms with Crippen molar-refractivity contribution in [1.29, 1.82) is 0 Å². The standard InChI is InChI=1S/C24H22F4N4O5/c1-12(2)20(22(34)36-3)31-21(33)19-11-18(32-37-19)13-4-7-15(8-5-13)29-23(35)30-17-9-6-14(25)10-16(17)24(26,27)28/h4-12,20H,1-3H3,(H,31,33)(H2,29,30,35). The van der Waals surface area contributed by atoms with Crippen molar-refractivity contribution in [3.8, 4) is 11.3 Å². The predicted octanol–water partition coefficient (Wildman–Crippen LogP) is 5.07. The summed E-state index contributed by atoms with van der Waals surface area (Å²) < 4.78 is 62.3. The molecule has 9 nitrogen and oxygen atoms in total. The van der Waals surface area contributed by atoms with Crippen molar-refractivity contribution in [2.24, 2.45) is 5.92 Å². The molecule has 1 aromatic heterocycles. The number of ether oxygens (including phenoxy) is 1. The molecule has 3 N–H and O–H groups in total. The number of rotatable bonds is 7. The number of carbonyl (C=O) groups is 3. The number of hydrogen-bond donors (Lipinski definition) is 3. The van der Waals surface area contributed by atoms with Crippen LogP contribution in [0.25, 0.3) is 11.3 Å². The molecule has 1 heterocycles. The van der Waals surface area contributed by atoms with Crippen molar-refractivity contribution in [3.05, 3.63) is 65.7 Å². The maximum absolute atomic E-state index is 13.2. The van der Waals surface area contributed by atoms with Crippen LogP contribution in [0.1, 0.15) is 30.0 Å². The van der Waals surface area contributed by atoms with Crippen LogP contribution in [0.4, 0.5) is 33.7 Å². The summed E-state index contributed by atoms with van der Waals surface area (Å²) in [5.74, 6) is -2.75. The minimum atomic E-state index is -4.87. The molecule has 1 atom stereocenters.